The fourth-order valence-corrected chi connectivity index (χ4v) is 2.23. The van der Waals surface area contributed by atoms with Gasteiger partial charge in [0.1, 0.15) is 6.61 Å². The van der Waals surface area contributed by atoms with E-state index < -0.39 is 17.5 Å². The van der Waals surface area contributed by atoms with Crippen LogP contribution in [0.3, 0.4) is 0 Å². The van der Waals surface area contributed by atoms with Crippen molar-refractivity contribution >= 4 is 23.2 Å². The fourth-order valence-electron chi connectivity index (χ4n) is 2.00. The lowest BCUT2D eigenvalue weighted by Gasteiger charge is -2.13. The van der Waals surface area contributed by atoms with Crippen LogP contribution in [-0.4, -0.2) is 33.3 Å². The number of amides is 1. The van der Waals surface area contributed by atoms with Gasteiger partial charge in [0.25, 0.3) is 5.91 Å². The van der Waals surface area contributed by atoms with Gasteiger partial charge in [-0.15, -0.1) is 0 Å². The zero-order valence-electron chi connectivity index (χ0n) is 13.6. The Balaban J connectivity index is 2.20. The maximum atomic E-state index is 13.3. The molecule has 1 amide bonds. The van der Waals surface area contributed by atoms with Gasteiger partial charge in [0.2, 0.25) is 0 Å². The largest absolute Gasteiger partial charge is 0.493 e. The first-order valence-corrected chi connectivity index (χ1v) is 7.59. The van der Waals surface area contributed by atoms with Gasteiger partial charge in [-0.05, 0) is 24.3 Å². The molecule has 1 N–H and O–H groups in total. The fraction of sp³-hybridized carbons (Fsp3) is 0.235. The van der Waals surface area contributed by atoms with Crippen molar-refractivity contribution in [1.29, 1.82) is 0 Å². The lowest BCUT2D eigenvalue weighted by atomic mass is 10.2. The predicted octanol–water partition coefficient (Wildman–Crippen LogP) is 3.90. The van der Waals surface area contributed by atoms with Crippen molar-refractivity contribution in [2.24, 2.45) is 0 Å². The Kier molecular flexibility index (Phi) is 6.55. The average Bonchev–Trinajstić information content (AvgIpc) is 2.58. The standard InChI is InChI=1S/C17H16ClF2NO4/c1-23-5-6-25-16-7-10(3-4-15(16)24-2)21-17(22)11-8-13(19)14(20)9-12(11)18/h3-4,7-9H,5-6H2,1-2H3,(H,21,22). The second-order valence-electron chi connectivity index (χ2n) is 4.91. The zero-order chi connectivity index (χ0) is 18.4. The monoisotopic (exact) mass is 371 g/mol. The molecule has 5 nitrogen and oxygen atoms in total. The molecule has 0 radical (unpaired) electrons. The van der Waals surface area contributed by atoms with Crippen molar-refractivity contribution < 1.29 is 27.8 Å². The summed E-state index contributed by atoms with van der Waals surface area (Å²) in [6.45, 7) is 0.670. The summed E-state index contributed by atoms with van der Waals surface area (Å²) in [5.41, 5.74) is 0.192. The molecule has 0 saturated heterocycles. The molecule has 134 valence electrons. The van der Waals surface area contributed by atoms with Crippen molar-refractivity contribution in [3.8, 4) is 11.5 Å². The van der Waals surface area contributed by atoms with Crippen LogP contribution in [-0.2, 0) is 4.74 Å². The molecule has 8 heteroatoms. The van der Waals surface area contributed by atoms with E-state index in [1.807, 2.05) is 0 Å². The van der Waals surface area contributed by atoms with E-state index in [9.17, 15) is 13.6 Å². The van der Waals surface area contributed by atoms with Gasteiger partial charge < -0.3 is 19.5 Å². The van der Waals surface area contributed by atoms with Gasteiger partial charge in [-0.25, -0.2) is 8.78 Å². The second kappa shape index (κ2) is 8.64. The van der Waals surface area contributed by atoms with Gasteiger partial charge >= 0.3 is 0 Å². The number of halogens is 3. The van der Waals surface area contributed by atoms with E-state index in [1.54, 1.807) is 25.3 Å². The van der Waals surface area contributed by atoms with Crippen molar-refractivity contribution in [2.45, 2.75) is 0 Å². The molecule has 0 aromatic heterocycles. The van der Waals surface area contributed by atoms with E-state index in [2.05, 4.69) is 5.32 Å². The van der Waals surface area contributed by atoms with Gasteiger partial charge in [0.15, 0.2) is 23.1 Å². The number of carbonyl (C=O) groups is 1. The number of nitrogens with one attached hydrogen (secondary N) is 1. The molecule has 2 aromatic carbocycles. The molecule has 0 aliphatic heterocycles. The first kappa shape index (κ1) is 19.0. The average molecular weight is 372 g/mol. The summed E-state index contributed by atoms with van der Waals surface area (Å²) >= 11 is 5.80. The van der Waals surface area contributed by atoms with Crippen LogP contribution in [0, 0.1) is 11.6 Å². The third-order valence-corrected chi connectivity index (χ3v) is 3.53. The number of benzene rings is 2. The minimum absolute atomic E-state index is 0.182. The van der Waals surface area contributed by atoms with Crippen LogP contribution in [0.5, 0.6) is 11.5 Å². The quantitative estimate of drug-likeness (QED) is 0.592. The zero-order valence-corrected chi connectivity index (χ0v) is 14.3. The topological polar surface area (TPSA) is 56.8 Å². The van der Waals surface area contributed by atoms with Crippen LogP contribution >= 0.6 is 11.6 Å². The highest BCUT2D eigenvalue weighted by atomic mass is 35.5. The molecule has 0 aliphatic rings. The molecular formula is C17H16ClF2NO4. The molecule has 0 atom stereocenters. The van der Waals surface area contributed by atoms with Crippen LogP contribution in [0.2, 0.25) is 5.02 Å². The Hall–Kier alpha value is -2.38. The van der Waals surface area contributed by atoms with E-state index in [1.165, 1.54) is 7.11 Å². The van der Waals surface area contributed by atoms with Crippen LogP contribution in [0.4, 0.5) is 14.5 Å². The highest BCUT2D eigenvalue weighted by Crippen LogP contribution is 2.31. The van der Waals surface area contributed by atoms with E-state index in [-0.39, 0.29) is 10.6 Å². The highest BCUT2D eigenvalue weighted by Gasteiger charge is 2.16. The van der Waals surface area contributed by atoms with E-state index in [4.69, 9.17) is 25.8 Å². The number of anilines is 1. The van der Waals surface area contributed by atoms with Crippen LogP contribution in [0.25, 0.3) is 0 Å². The molecule has 0 spiro atoms. The van der Waals surface area contributed by atoms with Crippen LogP contribution in [0.15, 0.2) is 30.3 Å². The number of hydrogen-bond acceptors (Lipinski definition) is 4. The van der Waals surface area contributed by atoms with Gasteiger partial charge in [0.05, 0.1) is 24.3 Å². The number of carbonyl (C=O) groups excluding carboxylic acids is 1. The van der Waals surface area contributed by atoms with Crippen molar-refractivity contribution in [3.63, 3.8) is 0 Å². The Morgan fingerprint density at radius 3 is 2.48 bits per heavy atom. The molecule has 0 aliphatic carbocycles. The minimum Gasteiger partial charge on any atom is -0.493 e. The number of hydrogen-bond donors (Lipinski definition) is 1. The highest BCUT2D eigenvalue weighted by molar-refractivity contribution is 6.34. The summed E-state index contributed by atoms with van der Waals surface area (Å²) in [6.07, 6.45) is 0. The second-order valence-corrected chi connectivity index (χ2v) is 5.31. The van der Waals surface area contributed by atoms with Gasteiger partial charge in [-0.3, -0.25) is 4.79 Å². The molecule has 0 saturated carbocycles. The summed E-state index contributed by atoms with van der Waals surface area (Å²) in [6, 6.07) is 6.21. The Morgan fingerprint density at radius 1 is 1.08 bits per heavy atom. The van der Waals surface area contributed by atoms with E-state index in [0.29, 0.717) is 30.4 Å². The Labute approximate surface area is 148 Å². The van der Waals surface area contributed by atoms with Gasteiger partial charge in [-0.2, -0.15) is 0 Å². The lowest BCUT2D eigenvalue weighted by molar-refractivity contribution is 0.102. The maximum absolute atomic E-state index is 13.3. The number of ether oxygens (including phenoxy) is 3. The summed E-state index contributed by atoms with van der Waals surface area (Å²) in [5.74, 6) is -2.10. The van der Waals surface area contributed by atoms with E-state index >= 15 is 0 Å². The van der Waals surface area contributed by atoms with Crippen LogP contribution < -0.4 is 14.8 Å². The van der Waals surface area contributed by atoms with Crippen molar-refractivity contribution in [1.82, 2.24) is 0 Å². The van der Waals surface area contributed by atoms with Gasteiger partial charge in [-0.1, -0.05) is 11.6 Å². The van der Waals surface area contributed by atoms with Crippen molar-refractivity contribution in [3.05, 3.63) is 52.6 Å². The molecule has 25 heavy (non-hydrogen) atoms. The summed E-state index contributed by atoms with van der Waals surface area (Å²) in [7, 11) is 3.03. The molecular weight excluding hydrogens is 356 g/mol. The number of rotatable bonds is 7. The SMILES string of the molecule is COCCOc1cc(NC(=O)c2cc(F)c(F)cc2Cl)ccc1OC. The molecule has 0 unspecified atom stereocenters. The first-order chi connectivity index (χ1) is 12.0. The molecule has 0 fully saturated rings. The van der Waals surface area contributed by atoms with E-state index in [0.717, 1.165) is 12.1 Å². The normalized spacial score (nSPS) is 10.4. The lowest BCUT2D eigenvalue weighted by Crippen LogP contribution is -2.13. The molecule has 0 heterocycles. The summed E-state index contributed by atoms with van der Waals surface area (Å²) in [4.78, 5) is 12.2. The Bertz CT molecular complexity index is 771. The van der Waals surface area contributed by atoms with Gasteiger partial charge in [0, 0.05) is 18.9 Å². The molecule has 2 aromatic rings. The summed E-state index contributed by atoms with van der Waals surface area (Å²) < 4.78 is 42.0. The van der Waals surface area contributed by atoms with Crippen LogP contribution in [0.1, 0.15) is 10.4 Å². The maximum Gasteiger partial charge on any atom is 0.257 e. The third-order valence-electron chi connectivity index (χ3n) is 3.22. The Morgan fingerprint density at radius 2 is 1.80 bits per heavy atom. The predicted molar refractivity (Wildman–Crippen MR) is 89.7 cm³/mol. The third kappa shape index (κ3) is 4.80. The molecule has 2 rings (SSSR count). The number of methoxy groups -OCH3 is 2. The van der Waals surface area contributed by atoms with Crippen molar-refractivity contribution in [2.75, 3.05) is 32.8 Å². The smallest absolute Gasteiger partial charge is 0.257 e. The minimum atomic E-state index is -1.16. The first-order valence-electron chi connectivity index (χ1n) is 7.22. The summed E-state index contributed by atoms with van der Waals surface area (Å²) in [5, 5.41) is 2.36. The molecule has 0 bridgehead atoms.